The van der Waals surface area contributed by atoms with Crippen molar-refractivity contribution in [3.63, 3.8) is 0 Å². The third-order valence-electron chi connectivity index (χ3n) is 8.78. The van der Waals surface area contributed by atoms with Gasteiger partial charge >= 0.3 is 0 Å². The van der Waals surface area contributed by atoms with Crippen LogP contribution in [0.2, 0.25) is 0 Å². The lowest BCUT2D eigenvalue weighted by atomic mass is 9.95. The minimum atomic E-state index is -0.800. The third-order valence-corrected chi connectivity index (χ3v) is 10.3. The van der Waals surface area contributed by atoms with Crippen molar-refractivity contribution in [2.75, 3.05) is 19.7 Å². The number of benzene rings is 2. The first-order valence-corrected chi connectivity index (χ1v) is 18.0. The summed E-state index contributed by atoms with van der Waals surface area (Å²) in [4.78, 5) is 50.8. The third kappa shape index (κ3) is 9.53. The van der Waals surface area contributed by atoms with Crippen LogP contribution in [-0.2, 0) is 21.4 Å². The Bertz CT molecular complexity index is 1710. The standard InChI is InChI=1S/C39H47N5O4S/c1-5-6-7-8-9-20-48-31-16-14-27(15-17-31)29-22-41-36(42-23-29)28-12-10-26(11-13-28)21-32(38(47)44-24-30(25-44)35(40)45)43-37(46)33-18-19-34(49-33)39(2,3)4/h10-19,22-23,30,32H,5-9,20-21,24-25H2,1-4H3,(H2,40,45)(H,43,46). The molecular weight excluding hydrogens is 635 g/mol. The molecule has 3 amide bonds. The largest absolute Gasteiger partial charge is 0.494 e. The van der Waals surface area contributed by atoms with Gasteiger partial charge in [-0.05, 0) is 47.2 Å². The van der Waals surface area contributed by atoms with Crippen molar-refractivity contribution in [3.05, 3.63) is 88.4 Å². The fourth-order valence-electron chi connectivity index (χ4n) is 5.64. The van der Waals surface area contributed by atoms with Gasteiger partial charge in [0.1, 0.15) is 11.8 Å². The van der Waals surface area contributed by atoms with Gasteiger partial charge in [-0.2, -0.15) is 0 Å². The number of nitrogens with two attached hydrogens (primary N) is 1. The van der Waals surface area contributed by atoms with Crippen LogP contribution in [-0.4, -0.2) is 58.3 Å². The number of ether oxygens (including phenoxy) is 1. The number of amides is 3. The molecule has 2 aromatic carbocycles. The van der Waals surface area contributed by atoms with E-state index >= 15 is 0 Å². The average Bonchev–Trinajstić information content (AvgIpc) is 3.58. The van der Waals surface area contributed by atoms with Crippen molar-refractivity contribution in [1.82, 2.24) is 20.2 Å². The predicted octanol–water partition coefficient (Wildman–Crippen LogP) is 6.80. The maximum Gasteiger partial charge on any atom is 0.262 e. The summed E-state index contributed by atoms with van der Waals surface area (Å²) in [5.41, 5.74) is 8.97. The van der Waals surface area contributed by atoms with Crippen LogP contribution in [0.4, 0.5) is 0 Å². The molecule has 3 N–H and O–H groups in total. The smallest absolute Gasteiger partial charge is 0.262 e. The van der Waals surface area contributed by atoms with Crippen molar-refractivity contribution in [2.24, 2.45) is 11.7 Å². The van der Waals surface area contributed by atoms with Gasteiger partial charge in [-0.1, -0.05) is 89.8 Å². The summed E-state index contributed by atoms with van der Waals surface area (Å²) in [6.07, 6.45) is 9.96. The Morgan fingerprint density at radius 1 is 0.898 bits per heavy atom. The number of carbonyl (C=O) groups is 3. The molecular formula is C39H47N5O4S. The number of primary amides is 1. The molecule has 1 saturated heterocycles. The number of rotatable bonds is 15. The van der Waals surface area contributed by atoms with E-state index in [4.69, 9.17) is 10.5 Å². The van der Waals surface area contributed by atoms with E-state index in [2.05, 4.69) is 43.0 Å². The number of nitrogens with zero attached hydrogens (tertiary/aromatic N) is 3. The molecule has 0 saturated carbocycles. The van der Waals surface area contributed by atoms with Crippen molar-refractivity contribution in [3.8, 4) is 28.3 Å². The van der Waals surface area contributed by atoms with Gasteiger partial charge in [0.15, 0.2) is 5.82 Å². The summed E-state index contributed by atoms with van der Waals surface area (Å²) in [6.45, 7) is 9.76. The Morgan fingerprint density at radius 2 is 1.55 bits per heavy atom. The number of thiophene rings is 1. The fourth-order valence-corrected chi connectivity index (χ4v) is 6.61. The van der Waals surface area contributed by atoms with E-state index in [0.29, 0.717) is 17.1 Å². The number of unbranched alkanes of at least 4 members (excludes halogenated alkanes) is 4. The minimum absolute atomic E-state index is 0.0840. The van der Waals surface area contributed by atoms with E-state index in [9.17, 15) is 14.4 Å². The number of carbonyl (C=O) groups excluding carboxylic acids is 3. The van der Waals surface area contributed by atoms with Crippen molar-refractivity contribution in [2.45, 2.75) is 77.7 Å². The molecule has 4 aromatic rings. The summed E-state index contributed by atoms with van der Waals surface area (Å²) in [6, 6.07) is 18.7. The van der Waals surface area contributed by atoms with Crippen LogP contribution in [0, 0.1) is 5.92 Å². The quantitative estimate of drug-likeness (QED) is 0.133. The second kappa shape index (κ2) is 16.2. The normalized spacial score (nSPS) is 13.8. The Kier molecular flexibility index (Phi) is 11.8. The second-order valence-corrected chi connectivity index (χ2v) is 14.8. The molecule has 3 heterocycles. The minimum Gasteiger partial charge on any atom is -0.494 e. The highest BCUT2D eigenvalue weighted by Gasteiger charge is 2.38. The van der Waals surface area contributed by atoms with Crippen molar-refractivity contribution < 1.29 is 19.1 Å². The van der Waals surface area contributed by atoms with Gasteiger partial charge in [0, 0.05) is 47.9 Å². The fraction of sp³-hybridized carbons (Fsp3) is 0.410. The summed E-state index contributed by atoms with van der Waals surface area (Å²) in [5, 5.41) is 2.96. The van der Waals surface area contributed by atoms with Crippen LogP contribution in [0.5, 0.6) is 5.75 Å². The molecule has 1 fully saturated rings. The Balaban J connectivity index is 1.21. The van der Waals surface area contributed by atoms with E-state index < -0.39 is 11.9 Å². The van der Waals surface area contributed by atoms with Gasteiger partial charge < -0.3 is 20.7 Å². The lowest BCUT2D eigenvalue weighted by Crippen LogP contribution is -2.60. The van der Waals surface area contributed by atoms with Gasteiger partial charge in [0.25, 0.3) is 5.91 Å². The average molecular weight is 682 g/mol. The molecule has 258 valence electrons. The van der Waals surface area contributed by atoms with E-state index in [1.807, 2.05) is 67.0 Å². The number of hydrogen-bond donors (Lipinski definition) is 2. The zero-order chi connectivity index (χ0) is 35.0. The number of hydrogen-bond acceptors (Lipinski definition) is 7. The van der Waals surface area contributed by atoms with Gasteiger partial charge in [-0.25, -0.2) is 9.97 Å². The molecule has 1 aliphatic heterocycles. The van der Waals surface area contributed by atoms with Crippen LogP contribution in [0.25, 0.3) is 22.5 Å². The van der Waals surface area contributed by atoms with Crippen molar-refractivity contribution in [1.29, 1.82) is 0 Å². The zero-order valence-corrected chi connectivity index (χ0v) is 29.7. The van der Waals surface area contributed by atoms with Crippen LogP contribution in [0.3, 0.4) is 0 Å². The highest BCUT2D eigenvalue weighted by Crippen LogP contribution is 2.30. The van der Waals surface area contributed by atoms with E-state index in [1.165, 1.54) is 37.0 Å². The summed E-state index contributed by atoms with van der Waals surface area (Å²) in [7, 11) is 0. The molecule has 0 radical (unpaired) electrons. The van der Waals surface area contributed by atoms with Gasteiger partial charge in [-0.3, -0.25) is 14.4 Å². The van der Waals surface area contributed by atoms with Gasteiger partial charge in [0.2, 0.25) is 11.8 Å². The highest BCUT2D eigenvalue weighted by atomic mass is 32.1. The monoisotopic (exact) mass is 681 g/mol. The molecule has 1 unspecified atom stereocenters. The molecule has 1 atom stereocenters. The lowest BCUT2D eigenvalue weighted by Gasteiger charge is -2.39. The predicted molar refractivity (Wildman–Crippen MR) is 194 cm³/mol. The van der Waals surface area contributed by atoms with Gasteiger partial charge in [0.05, 0.1) is 17.4 Å². The summed E-state index contributed by atoms with van der Waals surface area (Å²) >= 11 is 1.43. The Labute approximate surface area is 293 Å². The number of nitrogens with one attached hydrogen (secondary N) is 1. The second-order valence-electron chi connectivity index (χ2n) is 13.8. The van der Waals surface area contributed by atoms with Crippen LogP contribution in [0.1, 0.15) is 79.9 Å². The van der Waals surface area contributed by atoms with Crippen molar-refractivity contribution >= 4 is 29.1 Å². The van der Waals surface area contributed by atoms with Crippen LogP contribution < -0.4 is 15.8 Å². The van der Waals surface area contributed by atoms with Crippen LogP contribution >= 0.6 is 11.3 Å². The molecule has 10 heteroatoms. The first-order valence-electron chi connectivity index (χ1n) is 17.2. The molecule has 9 nitrogen and oxygen atoms in total. The molecule has 0 bridgehead atoms. The summed E-state index contributed by atoms with van der Waals surface area (Å²) < 4.78 is 5.90. The van der Waals surface area contributed by atoms with E-state index in [0.717, 1.165) is 45.9 Å². The number of likely N-dealkylation sites (tertiary alicyclic amines) is 1. The zero-order valence-electron chi connectivity index (χ0n) is 28.9. The first kappa shape index (κ1) is 35.7. The highest BCUT2D eigenvalue weighted by molar-refractivity contribution is 7.14. The maximum absolute atomic E-state index is 13.5. The van der Waals surface area contributed by atoms with Crippen LogP contribution in [0.15, 0.2) is 73.1 Å². The molecule has 5 rings (SSSR count). The van der Waals surface area contributed by atoms with E-state index in [-0.39, 0.29) is 36.2 Å². The SMILES string of the molecule is CCCCCCCOc1ccc(-c2cnc(-c3ccc(CC(NC(=O)c4ccc(C(C)(C)C)s4)C(=O)N4CC(C(N)=O)C4)cc3)nc2)cc1. The van der Waals surface area contributed by atoms with Gasteiger partial charge in [-0.15, -0.1) is 11.3 Å². The Hall–Kier alpha value is -4.57. The molecule has 2 aromatic heterocycles. The Morgan fingerprint density at radius 3 is 2.16 bits per heavy atom. The van der Waals surface area contributed by atoms with E-state index in [1.54, 1.807) is 11.0 Å². The molecule has 1 aliphatic rings. The summed E-state index contributed by atoms with van der Waals surface area (Å²) in [5.74, 6) is 0.140. The molecule has 0 aliphatic carbocycles. The molecule has 0 spiro atoms. The molecule has 49 heavy (non-hydrogen) atoms. The maximum atomic E-state index is 13.5. The first-order chi connectivity index (χ1) is 23.5. The lowest BCUT2D eigenvalue weighted by molar-refractivity contribution is -0.143. The topological polar surface area (TPSA) is 128 Å². The number of aromatic nitrogens is 2.